The summed E-state index contributed by atoms with van der Waals surface area (Å²) < 4.78 is 5.41. The third kappa shape index (κ3) is 2.97. The predicted molar refractivity (Wildman–Crippen MR) is 75.3 cm³/mol. The summed E-state index contributed by atoms with van der Waals surface area (Å²) in [6.45, 7) is 4.14. The highest BCUT2D eigenvalue weighted by atomic mass is 35.5. The van der Waals surface area contributed by atoms with Crippen LogP contribution in [0.2, 0.25) is 5.02 Å². The van der Waals surface area contributed by atoms with E-state index in [1.165, 1.54) is 6.42 Å². The molecule has 1 aromatic carbocycles. The molecule has 2 unspecified atom stereocenters. The smallest absolute Gasteiger partial charge is 0.123 e. The third-order valence-electron chi connectivity index (χ3n) is 3.66. The molecular formula is C14H21ClN2O. The number of halogens is 1. The average molecular weight is 269 g/mol. The second-order valence-electron chi connectivity index (χ2n) is 5.04. The molecule has 1 saturated heterocycles. The summed E-state index contributed by atoms with van der Waals surface area (Å²) in [5, 5.41) is 4.12. The number of nitrogens with two attached hydrogens (primary N) is 1. The van der Waals surface area contributed by atoms with Gasteiger partial charge in [-0.15, -0.1) is 0 Å². The van der Waals surface area contributed by atoms with Crippen LogP contribution in [0.5, 0.6) is 5.75 Å². The molecule has 0 saturated carbocycles. The zero-order valence-corrected chi connectivity index (χ0v) is 11.8. The fourth-order valence-corrected chi connectivity index (χ4v) is 2.71. The molecule has 100 valence electrons. The van der Waals surface area contributed by atoms with E-state index >= 15 is 0 Å². The minimum absolute atomic E-state index is 0.0112. The number of methoxy groups -OCH3 is 1. The van der Waals surface area contributed by atoms with Gasteiger partial charge in [0.1, 0.15) is 5.75 Å². The number of nitrogens with one attached hydrogen (secondary N) is 1. The zero-order valence-electron chi connectivity index (χ0n) is 11.0. The highest BCUT2D eigenvalue weighted by Crippen LogP contribution is 2.33. The van der Waals surface area contributed by atoms with Crippen molar-refractivity contribution in [1.29, 1.82) is 0 Å². The second kappa shape index (κ2) is 5.91. The van der Waals surface area contributed by atoms with Crippen LogP contribution in [0.15, 0.2) is 12.1 Å². The number of aryl methyl sites for hydroxylation is 1. The zero-order chi connectivity index (χ0) is 13.1. The van der Waals surface area contributed by atoms with E-state index in [2.05, 4.69) is 5.32 Å². The third-order valence-corrected chi connectivity index (χ3v) is 4.07. The minimum atomic E-state index is -0.0112. The first kappa shape index (κ1) is 13.7. The van der Waals surface area contributed by atoms with Crippen molar-refractivity contribution in [3.63, 3.8) is 0 Å². The van der Waals surface area contributed by atoms with Crippen LogP contribution in [0.4, 0.5) is 0 Å². The standard InChI is InChI=1S/C14H21ClN2O/c1-9-5-14(18-2)11(7-12(9)15)13(16)6-10-3-4-17-8-10/h5,7,10,13,17H,3-4,6,8,16H2,1-2H3. The van der Waals surface area contributed by atoms with Crippen molar-refractivity contribution in [3.8, 4) is 5.75 Å². The molecule has 1 aliphatic heterocycles. The molecule has 2 rings (SSSR count). The van der Waals surface area contributed by atoms with Crippen molar-refractivity contribution in [2.24, 2.45) is 11.7 Å². The molecule has 1 aliphatic rings. The molecule has 0 aliphatic carbocycles. The Kier molecular flexibility index (Phi) is 4.49. The van der Waals surface area contributed by atoms with Crippen LogP contribution in [0.25, 0.3) is 0 Å². The van der Waals surface area contributed by atoms with E-state index in [9.17, 15) is 0 Å². The first-order chi connectivity index (χ1) is 8.61. The van der Waals surface area contributed by atoms with Gasteiger partial charge < -0.3 is 15.8 Å². The summed E-state index contributed by atoms with van der Waals surface area (Å²) in [5.41, 5.74) is 8.34. The van der Waals surface area contributed by atoms with E-state index in [-0.39, 0.29) is 6.04 Å². The van der Waals surface area contributed by atoms with Gasteiger partial charge >= 0.3 is 0 Å². The van der Waals surface area contributed by atoms with Gasteiger partial charge in [0.2, 0.25) is 0 Å². The van der Waals surface area contributed by atoms with Crippen LogP contribution >= 0.6 is 11.6 Å². The molecule has 1 aromatic rings. The summed E-state index contributed by atoms with van der Waals surface area (Å²) in [6, 6.07) is 3.90. The molecule has 0 radical (unpaired) electrons. The number of benzene rings is 1. The Morgan fingerprint density at radius 3 is 2.94 bits per heavy atom. The van der Waals surface area contributed by atoms with Crippen molar-refractivity contribution in [3.05, 3.63) is 28.3 Å². The fraction of sp³-hybridized carbons (Fsp3) is 0.571. The molecule has 4 heteroatoms. The molecule has 0 aromatic heterocycles. The molecular weight excluding hydrogens is 248 g/mol. The predicted octanol–water partition coefficient (Wildman–Crippen LogP) is 2.66. The minimum Gasteiger partial charge on any atom is -0.496 e. The molecule has 18 heavy (non-hydrogen) atoms. The van der Waals surface area contributed by atoms with Crippen molar-refractivity contribution < 1.29 is 4.74 Å². The molecule has 0 bridgehead atoms. The lowest BCUT2D eigenvalue weighted by molar-refractivity contribution is 0.396. The Morgan fingerprint density at radius 2 is 2.33 bits per heavy atom. The van der Waals surface area contributed by atoms with Crippen LogP contribution in [-0.2, 0) is 0 Å². The first-order valence-electron chi connectivity index (χ1n) is 6.42. The van der Waals surface area contributed by atoms with Gasteiger partial charge in [-0.3, -0.25) is 0 Å². The Morgan fingerprint density at radius 1 is 1.56 bits per heavy atom. The Bertz CT molecular complexity index is 417. The van der Waals surface area contributed by atoms with Crippen molar-refractivity contribution in [2.75, 3.05) is 20.2 Å². The Balaban J connectivity index is 2.17. The van der Waals surface area contributed by atoms with Crippen LogP contribution in [0.1, 0.15) is 30.0 Å². The highest BCUT2D eigenvalue weighted by molar-refractivity contribution is 6.31. The average Bonchev–Trinajstić information content (AvgIpc) is 2.84. The summed E-state index contributed by atoms with van der Waals surface area (Å²) in [4.78, 5) is 0. The molecule has 0 amide bonds. The number of rotatable bonds is 4. The van der Waals surface area contributed by atoms with E-state index < -0.39 is 0 Å². The monoisotopic (exact) mass is 268 g/mol. The normalized spacial score (nSPS) is 21.0. The van der Waals surface area contributed by atoms with Gasteiger partial charge in [-0.1, -0.05) is 11.6 Å². The maximum Gasteiger partial charge on any atom is 0.123 e. The van der Waals surface area contributed by atoms with Crippen LogP contribution < -0.4 is 15.8 Å². The quantitative estimate of drug-likeness (QED) is 0.883. The van der Waals surface area contributed by atoms with E-state index in [1.54, 1.807) is 7.11 Å². The topological polar surface area (TPSA) is 47.3 Å². The maximum atomic E-state index is 6.30. The van der Waals surface area contributed by atoms with Gasteiger partial charge in [0.25, 0.3) is 0 Å². The number of hydrogen-bond acceptors (Lipinski definition) is 3. The van der Waals surface area contributed by atoms with Crippen LogP contribution in [0.3, 0.4) is 0 Å². The maximum absolute atomic E-state index is 6.30. The van der Waals surface area contributed by atoms with Crippen molar-refractivity contribution in [1.82, 2.24) is 5.32 Å². The summed E-state index contributed by atoms with van der Waals surface area (Å²) in [5.74, 6) is 1.50. The molecule has 3 N–H and O–H groups in total. The lowest BCUT2D eigenvalue weighted by Gasteiger charge is -2.19. The van der Waals surface area contributed by atoms with E-state index in [4.69, 9.17) is 22.1 Å². The van der Waals surface area contributed by atoms with E-state index in [0.717, 1.165) is 41.4 Å². The molecule has 2 atom stereocenters. The van der Waals surface area contributed by atoms with E-state index in [1.807, 2.05) is 19.1 Å². The van der Waals surface area contributed by atoms with Crippen molar-refractivity contribution in [2.45, 2.75) is 25.8 Å². The molecule has 1 heterocycles. The van der Waals surface area contributed by atoms with Gasteiger partial charge in [0, 0.05) is 16.6 Å². The van der Waals surface area contributed by atoms with Crippen LogP contribution in [-0.4, -0.2) is 20.2 Å². The SMILES string of the molecule is COc1cc(C)c(Cl)cc1C(N)CC1CCNC1. The largest absolute Gasteiger partial charge is 0.496 e. The van der Waals surface area contributed by atoms with Gasteiger partial charge in [0.15, 0.2) is 0 Å². The second-order valence-corrected chi connectivity index (χ2v) is 5.45. The van der Waals surface area contributed by atoms with Crippen LogP contribution in [0, 0.1) is 12.8 Å². The van der Waals surface area contributed by atoms with Gasteiger partial charge in [-0.2, -0.15) is 0 Å². The highest BCUT2D eigenvalue weighted by Gasteiger charge is 2.21. The lowest BCUT2D eigenvalue weighted by atomic mass is 9.93. The molecule has 1 fully saturated rings. The van der Waals surface area contributed by atoms with Gasteiger partial charge in [-0.25, -0.2) is 0 Å². The summed E-state index contributed by atoms with van der Waals surface area (Å²) in [6.07, 6.45) is 2.18. The lowest BCUT2D eigenvalue weighted by Crippen LogP contribution is -2.18. The Hall–Kier alpha value is -0.770. The fourth-order valence-electron chi connectivity index (χ4n) is 2.54. The number of hydrogen-bond donors (Lipinski definition) is 2. The Labute approximate surface area is 114 Å². The van der Waals surface area contributed by atoms with Gasteiger partial charge in [0.05, 0.1) is 7.11 Å². The molecule has 0 spiro atoms. The summed E-state index contributed by atoms with van der Waals surface area (Å²) >= 11 is 6.18. The van der Waals surface area contributed by atoms with Crippen molar-refractivity contribution >= 4 is 11.6 Å². The summed E-state index contributed by atoms with van der Waals surface area (Å²) in [7, 11) is 1.68. The first-order valence-corrected chi connectivity index (χ1v) is 6.80. The van der Waals surface area contributed by atoms with E-state index in [0.29, 0.717) is 5.92 Å². The van der Waals surface area contributed by atoms with Gasteiger partial charge in [-0.05, 0) is 56.5 Å². The number of ether oxygens (including phenoxy) is 1. The molecule has 3 nitrogen and oxygen atoms in total.